The van der Waals surface area contributed by atoms with E-state index in [1.54, 1.807) is 0 Å². The number of carbonyl (C=O) groups is 1. The normalized spacial score (nSPS) is 12.2. The van der Waals surface area contributed by atoms with E-state index < -0.39 is 0 Å². The summed E-state index contributed by atoms with van der Waals surface area (Å²) in [5.74, 6) is 0.284. The number of amides is 1. The van der Waals surface area contributed by atoms with Gasteiger partial charge in [-0.3, -0.25) is 9.89 Å². The summed E-state index contributed by atoms with van der Waals surface area (Å²) in [4.78, 5) is 16.0. The molecule has 0 fully saturated rings. The predicted octanol–water partition coefficient (Wildman–Crippen LogP) is 2.93. The number of nitrogens with one attached hydrogen (secondary N) is 2. The minimum Gasteiger partial charge on any atom is -0.349 e. The van der Waals surface area contributed by atoms with E-state index in [2.05, 4.69) is 44.8 Å². The highest BCUT2D eigenvalue weighted by Gasteiger charge is 2.12. The van der Waals surface area contributed by atoms with E-state index in [4.69, 9.17) is 0 Å². The number of rotatable bonds is 5. The molecular formula is C16H16N4OS. The van der Waals surface area contributed by atoms with Gasteiger partial charge in [0, 0.05) is 0 Å². The largest absolute Gasteiger partial charge is 0.349 e. The zero-order valence-corrected chi connectivity index (χ0v) is 12.9. The molecule has 0 saturated heterocycles. The molecule has 1 aromatic heterocycles. The van der Waals surface area contributed by atoms with Gasteiger partial charge in [0.05, 0.1) is 11.8 Å². The number of thioether (sulfide) groups is 1. The average molecular weight is 312 g/mol. The first kappa shape index (κ1) is 14.6. The number of aromatic nitrogens is 3. The molecule has 2 N–H and O–H groups in total. The van der Waals surface area contributed by atoms with Crippen LogP contribution in [-0.4, -0.2) is 26.8 Å². The summed E-state index contributed by atoms with van der Waals surface area (Å²) in [7, 11) is 0. The molecule has 6 heteroatoms. The van der Waals surface area contributed by atoms with E-state index in [0.29, 0.717) is 10.9 Å². The van der Waals surface area contributed by atoms with E-state index in [1.165, 1.54) is 28.9 Å². The van der Waals surface area contributed by atoms with E-state index >= 15 is 0 Å². The topological polar surface area (TPSA) is 70.7 Å². The first-order valence-electron chi connectivity index (χ1n) is 6.99. The quantitative estimate of drug-likeness (QED) is 0.711. The lowest BCUT2D eigenvalue weighted by Gasteiger charge is -2.16. The van der Waals surface area contributed by atoms with Crippen LogP contribution in [0.15, 0.2) is 53.9 Å². The minimum absolute atomic E-state index is 0.0261. The third-order valence-electron chi connectivity index (χ3n) is 3.40. The molecule has 0 aliphatic heterocycles. The molecule has 0 spiro atoms. The van der Waals surface area contributed by atoms with Crippen LogP contribution in [0.3, 0.4) is 0 Å². The van der Waals surface area contributed by atoms with E-state index in [9.17, 15) is 4.79 Å². The van der Waals surface area contributed by atoms with Crippen LogP contribution in [0.2, 0.25) is 0 Å². The first-order valence-corrected chi connectivity index (χ1v) is 7.98. The van der Waals surface area contributed by atoms with Crippen molar-refractivity contribution in [1.82, 2.24) is 20.5 Å². The van der Waals surface area contributed by atoms with Gasteiger partial charge in [0.1, 0.15) is 6.33 Å². The number of aromatic amines is 1. The predicted molar refractivity (Wildman–Crippen MR) is 87.6 cm³/mol. The number of H-pyrrole nitrogens is 1. The van der Waals surface area contributed by atoms with Crippen molar-refractivity contribution in [2.75, 3.05) is 5.75 Å². The Bertz CT molecular complexity index is 767. The number of hydrogen-bond acceptors (Lipinski definition) is 4. The van der Waals surface area contributed by atoms with E-state index in [-0.39, 0.29) is 11.9 Å². The molecule has 1 atom stereocenters. The van der Waals surface area contributed by atoms with Gasteiger partial charge in [-0.1, -0.05) is 54.2 Å². The van der Waals surface area contributed by atoms with Crippen molar-refractivity contribution in [3.05, 3.63) is 54.4 Å². The maximum absolute atomic E-state index is 12.1. The Morgan fingerprint density at radius 1 is 1.27 bits per heavy atom. The van der Waals surface area contributed by atoms with Gasteiger partial charge >= 0.3 is 0 Å². The monoisotopic (exact) mass is 312 g/mol. The van der Waals surface area contributed by atoms with Crippen molar-refractivity contribution in [3.63, 3.8) is 0 Å². The highest BCUT2D eigenvalue weighted by atomic mass is 32.2. The summed E-state index contributed by atoms with van der Waals surface area (Å²) in [5, 5.41) is 12.5. The van der Waals surface area contributed by atoms with Crippen LogP contribution in [-0.2, 0) is 4.79 Å². The molecule has 3 aromatic rings. The second-order valence-corrected chi connectivity index (χ2v) is 5.90. The van der Waals surface area contributed by atoms with Gasteiger partial charge in [-0.05, 0) is 23.3 Å². The Balaban J connectivity index is 1.68. The maximum atomic E-state index is 12.1. The van der Waals surface area contributed by atoms with Gasteiger partial charge in [0.25, 0.3) is 0 Å². The lowest BCUT2D eigenvalue weighted by atomic mass is 10.00. The van der Waals surface area contributed by atoms with Crippen molar-refractivity contribution < 1.29 is 4.79 Å². The van der Waals surface area contributed by atoms with Gasteiger partial charge in [-0.15, -0.1) is 0 Å². The van der Waals surface area contributed by atoms with Gasteiger partial charge in [0.2, 0.25) is 5.91 Å². The molecule has 1 amide bonds. The number of nitrogens with zero attached hydrogens (tertiary/aromatic N) is 2. The SMILES string of the molecule is C[C@@H](NC(=O)CSc1ncn[nH]1)c1cccc2ccccc12. The fraction of sp³-hybridized carbons (Fsp3) is 0.188. The number of benzene rings is 2. The first-order chi connectivity index (χ1) is 10.7. The van der Waals surface area contributed by atoms with Gasteiger partial charge in [0.15, 0.2) is 5.16 Å². The van der Waals surface area contributed by atoms with Crippen LogP contribution >= 0.6 is 11.8 Å². The molecule has 2 aromatic carbocycles. The molecule has 0 aliphatic carbocycles. The molecule has 3 rings (SSSR count). The Hall–Kier alpha value is -2.34. The van der Waals surface area contributed by atoms with Crippen LogP contribution in [0, 0.1) is 0 Å². The number of fused-ring (bicyclic) bond motifs is 1. The average Bonchev–Trinajstić information content (AvgIpc) is 3.06. The van der Waals surface area contributed by atoms with Crippen molar-refractivity contribution in [2.24, 2.45) is 0 Å². The molecule has 112 valence electrons. The molecule has 0 unspecified atom stereocenters. The van der Waals surface area contributed by atoms with Crippen LogP contribution in [0.25, 0.3) is 10.8 Å². The van der Waals surface area contributed by atoms with E-state index in [1.807, 2.05) is 25.1 Å². The lowest BCUT2D eigenvalue weighted by Crippen LogP contribution is -2.28. The summed E-state index contributed by atoms with van der Waals surface area (Å²) in [6.07, 6.45) is 1.43. The summed E-state index contributed by atoms with van der Waals surface area (Å²) in [5.41, 5.74) is 1.12. The van der Waals surface area contributed by atoms with Crippen molar-refractivity contribution in [3.8, 4) is 0 Å². The maximum Gasteiger partial charge on any atom is 0.230 e. The molecule has 1 heterocycles. The van der Waals surface area contributed by atoms with Crippen molar-refractivity contribution >= 4 is 28.4 Å². The lowest BCUT2D eigenvalue weighted by molar-refractivity contribution is -0.119. The molecule has 5 nitrogen and oxygen atoms in total. The third kappa shape index (κ3) is 3.28. The van der Waals surface area contributed by atoms with Crippen LogP contribution in [0.1, 0.15) is 18.5 Å². The highest BCUT2D eigenvalue weighted by molar-refractivity contribution is 7.99. The third-order valence-corrected chi connectivity index (χ3v) is 4.28. The minimum atomic E-state index is -0.0473. The van der Waals surface area contributed by atoms with Gasteiger partial charge in [-0.2, -0.15) is 5.10 Å². The Kier molecular flexibility index (Phi) is 4.39. The highest BCUT2D eigenvalue weighted by Crippen LogP contribution is 2.24. The number of hydrogen-bond donors (Lipinski definition) is 2. The zero-order valence-electron chi connectivity index (χ0n) is 12.1. The van der Waals surface area contributed by atoms with Crippen molar-refractivity contribution in [2.45, 2.75) is 18.1 Å². The second-order valence-electron chi connectivity index (χ2n) is 4.94. The molecule has 0 radical (unpaired) electrons. The fourth-order valence-corrected chi connectivity index (χ4v) is 2.98. The summed E-state index contributed by atoms with van der Waals surface area (Å²) >= 11 is 1.33. The fourth-order valence-electron chi connectivity index (χ4n) is 2.39. The van der Waals surface area contributed by atoms with Crippen LogP contribution < -0.4 is 5.32 Å². The number of carbonyl (C=O) groups excluding carboxylic acids is 1. The molecular weight excluding hydrogens is 296 g/mol. The molecule has 0 aliphatic rings. The summed E-state index contributed by atoms with van der Waals surface area (Å²) in [6, 6.07) is 14.3. The van der Waals surface area contributed by atoms with Gasteiger partial charge < -0.3 is 5.32 Å². The molecule has 0 bridgehead atoms. The van der Waals surface area contributed by atoms with Crippen molar-refractivity contribution in [1.29, 1.82) is 0 Å². The Labute approximate surface area is 132 Å². The van der Waals surface area contributed by atoms with Crippen LogP contribution in [0.4, 0.5) is 0 Å². The van der Waals surface area contributed by atoms with Gasteiger partial charge in [-0.25, -0.2) is 4.98 Å². The zero-order chi connectivity index (χ0) is 15.4. The smallest absolute Gasteiger partial charge is 0.230 e. The second kappa shape index (κ2) is 6.62. The molecule has 22 heavy (non-hydrogen) atoms. The Morgan fingerprint density at radius 2 is 2.09 bits per heavy atom. The molecule has 0 saturated carbocycles. The van der Waals surface area contributed by atoms with E-state index in [0.717, 1.165) is 5.56 Å². The Morgan fingerprint density at radius 3 is 2.91 bits per heavy atom. The standard InChI is InChI=1S/C16H16N4OS/c1-11(19-15(21)9-22-16-17-10-18-20-16)13-8-4-6-12-5-2-3-7-14(12)13/h2-8,10-11H,9H2,1H3,(H,19,21)(H,17,18,20)/t11-/m1/s1. The van der Waals surface area contributed by atoms with Crippen LogP contribution in [0.5, 0.6) is 0 Å². The summed E-state index contributed by atoms with van der Waals surface area (Å²) in [6.45, 7) is 2.00. The summed E-state index contributed by atoms with van der Waals surface area (Å²) < 4.78 is 0.